The number of carbonyl (C=O) groups excluding carboxylic acids is 1. The summed E-state index contributed by atoms with van der Waals surface area (Å²) >= 11 is 1.41. The standard InChI is InChI=1S/C21H18F2N2O3S/c1-27-18-4-3-12(7-19(18)28-2)21-24-14(11-29-21)10-20(26)25-6-5-15-16(23)8-13(22)9-17(15)25/h3-4,7-9,11H,5-6,10H2,1-2H3. The quantitative estimate of drug-likeness (QED) is 0.624. The number of thiazole rings is 1. The zero-order valence-electron chi connectivity index (χ0n) is 15.9. The Kier molecular flexibility index (Phi) is 5.19. The van der Waals surface area contributed by atoms with E-state index in [0.29, 0.717) is 41.4 Å². The molecule has 0 atom stereocenters. The second kappa shape index (κ2) is 7.79. The average molecular weight is 416 g/mol. The molecular formula is C21H18F2N2O3S. The molecule has 0 fully saturated rings. The van der Waals surface area contributed by atoms with E-state index in [4.69, 9.17) is 9.47 Å². The van der Waals surface area contributed by atoms with Crippen LogP contribution >= 0.6 is 11.3 Å². The Balaban J connectivity index is 1.53. The molecule has 0 N–H and O–H groups in total. The molecule has 5 nitrogen and oxygen atoms in total. The average Bonchev–Trinajstić information content (AvgIpc) is 3.34. The fourth-order valence-corrected chi connectivity index (χ4v) is 4.24. The molecule has 2 aromatic carbocycles. The molecule has 0 saturated heterocycles. The molecule has 0 aliphatic carbocycles. The van der Waals surface area contributed by atoms with E-state index in [0.717, 1.165) is 16.6 Å². The molecule has 8 heteroatoms. The van der Waals surface area contributed by atoms with Crippen LogP contribution in [0.25, 0.3) is 10.6 Å². The van der Waals surface area contributed by atoms with Crippen LogP contribution in [0.5, 0.6) is 11.5 Å². The van der Waals surface area contributed by atoms with Gasteiger partial charge in [0.25, 0.3) is 0 Å². The van der Waals surface area contributed by atoms with Crippen LogP contribution < -0.4 is 14.4 Å². The number of nitrogens with zero attached hydrogens (tertiary/aromatic N) is 2. The topological polar surface area (TPSA) is 51.7 Å². The van der Waals surface area contributed by atoms with E-state index in [2.05, 4.69) is 4.98 Å². The van der Waals surface area contributed by atoms with Gasteiger partial charge in [0.05, 0.1) is 32.0 Å². The molecule has 0 spiro atoms. The lowest BCUT2D eigenvalue weighted by molar-refractivity contribution is -0.117. The Bertz CT molecular complexity index is 1080. The zero-order chi connectivity index (χ0) is 20.5. The number of hydrogen-bond donors (Lipinski definition) is 0. The van der Waals surface area contributed by atoms with Crippen LogP contribution in [0.4, 0.5) is 14.5 Å². The van der Waals surface area contributed by atoms with Gasteiger partial charge in [0.2, 0.25) is 5.91 Å². The number of amides is 1. The number of fused-ring (bicyclic) bond motifs is 1. The van der Waals surface area contributed by atoms with Crippen molar-refractivity contribution in [1.82, 2.24) is 4.98 Å². The number of ether oxygens (including phenoxy) is 2. The van der Waals surface area contributed by atoms with Gasteiger partial charge in [0, 0.05) is 29.1 Å². The van der Waals surface area contributed by atoms with E-state index in [1.165, 1.54) is 22.3 Å². The lowest BCUT2D eigenvalue weighted by Crippen LogP contribution is -2.30. The van der Waals surface area contributed by atoms with Gasteiger partial charge in [-0.2, -0.15) is 0 Å². The van der Waals surface area contributed by atoms with E-state index in [9.17, 15) is 13.6 Å². The summed E-state index contributed by atoms with van der Waals surface area (Å²) < 4.78 is 38.1. The number of halogens is 2. The molecule has 0 saturated carbocycles. The molecule has 1 amide bonds. The van der Waals surface area contributed by atoms with Crippen molar-refractivity contribution in [2.24, 2.45) is 0 Å². The predicted molar refractivity (Wildman–Crippen MR) is 107 cm³/mol. The van der Waals surface area contributed by atoms with Gasteiger partial charge >= 0.3 is 0 Å². The summed E-state index contributed by atoms with van der Waals surface area (Å²) in [5.41, 5.74) is 2.14. The Hall–Kier alpha value is -3.00. The Morgan fingerprint density at radius 3 is 2.72 bits per heavy atom. The van der Waals surface area contributed by atoms with Crippen LogP contribution in [0.2, 0.25) is 0 Å². The SMILES string of the molecule is COc1ccc(-c2nc(CC(=O)N3CCc4c(F)cc(F)cc43)cs2)cc1OC. The molecule has 1 aromatic heterocycles. The van der Waals surface area contributed by atoms with E-state index >= 15 is 0 Å². The number of rotatable bonds is 5. The van der Waals surface area contributed by atoms with Crippen molar-refractivity contribution in [2.45, 2.75) is 12.8 Å². The van der Waals surface area contributed by atoms with Crippen molar-refractivity contribution in [1.29, 1.82) is 0 Å². The summed E-state index contributed by atoms with van der Waals surface area (Å²) in [6, 6.07) is 7.55. The predicted octanol–water partition coefficient (Wildman–Crippen LogP) is 4.24. The second-order valence-electron chi connectivity index (χ2n) is 6.57. The van der Waals surface area contributed by atoms with Crippen molar-refractivity contribution in [3.63, 3.8) is 0 Å². The van der Waals surface area contributed by atoms with Gasteiger partial charge in [0.15, 0.2) is 11.5 Å². The van der Waals surface area contributed by atoms with Gasteiger partial charge in [0.1, 0.15) is 16.6 Å². The zero-order valence-corrected chi connectivity index (χ0v) is 16.7. The minimum atomic E-state index is -0.689. The number of carbonyl (C=O) groups is 1. The van der Waals surface area contributed by atoms with Crippen LogP contribution in [0.15, 0.2) is 35.7 Å². The van der Waals surface area contributed by atoms with Crippen LogP contribution in [0, 0.1) is 11.6 Å². The van der Waals surface area contributed by atoms with Crippen LogP contribution in [-0.4, -0.2) is 31.7 Å². The van der Waals surface area contributed by atoms with Gasteiger partial charge in [-0.15, -0.1) is 11.3 Å². The third kappa shape index (κ3) is 3.67. The van der Waals surface area contributed by atoms with Crippen molar-refractivity contribution in [3.8, 4) is 22.1 Å². The van der Waals surface area contributed by atoms with Crippen molar-refractivity contribution in [2.75, 3.05) is 25.7 Å². The smallest absolute Gasteiger partial charge is 0.233 e. The number of hydrogen-bond acceptors (Lipinski definition) is 5. The fraction of sp³-hybridized carbons (Fsp3) is 0.238. The second-order valence-corrected chi connectivity index (χ2v) is 7.43. The monoisotopic (exact) mass is 416 g/mol. The maximum absolute atomic E-state index is 13.9. The molecule has 3 aromatic rings. The van der Waals surface area contributed by atoms with Crippen molar-refractivity contribution in [3.05, 3.63) is 58.6 Å². The van der Waals surface area contributed by atoms with E-state index in [1.54, 1.807) is 20.3 Å². The highest BCUT2D eigenvalue weighted by molar-refractivity contribution is 7.13. The molecule has 1 aliphatic heterocycles. The molecule has 150 valence electrons. The molecule has 2 heterocycles. The number of benzene rings is 2. The summed E-state index contributed by atoms with van der Waals surface area (Å²) in [6.45, 7) is 0.335. The molecule has 29 heavy (non-hydrogen) atoms. The lowest BCUT2D eigenvalue weighted by Gasteiger charge is -2.17. The maximum Gasteiger partial charge on any atom is 0.233 e. The largest absolute Gasteiger partial charge is 0.493 e. The summed E-state index contributed by atoms with van der Waals surface area (Å²) in [5, 5.41) is 2.56. The highest BCUT2D eigenvalue weighted by Gasteiger charge is 2.28. The maximum atomic E-state index is 13.9. The molecule has 0 radical (unpaired) electrons. The first-order chi connectivity index (χ1) is 14.0. The van der Waals surface area contributed by atoms with Gasteiger partial charge < -0.3 is 14.4 Å². The summed E-state index contributed by atoms with van der Waals surface area (Å²) in [7, 11) is 3.13. The van der Waals surface area contributed by atoms with Gasteiger partial charge in [-0.1, -0.05) is 0 Å². The minimum absolute atomic E-state index is 0.0569. The first kappa shape index (κ1) is 19.3. The lowest BCUT2D eigenvalue weighted by atomic mass is 10.1. The fourth-order valence-electron chi connectivity index (χ4n) is 3.42. The molecule has 0 bridgehead atoms. The van der Waals surface area contributed by atoms with E-state index < -0.39 is 11.6 Å². The summed E-state index contributed by atoms with van der Waals surface area (Å²) in [5.74, 6) is -0.325. The van der Waals surface area contributed by atoms with Gasteiger partial charge in [-0.05, 0) is 30.7 Å². The third-order valence-corrected chi connectivity index (χ3v) is 5.77. The molecule has 4 rings (SSSR count). The van der Waals surface area contributed by atoms with E-state index in [1.807, 2.05) is 17.5 Å². The Labute approximate surface area is 170 Å². The highest BCUT2D eigenvalue weighted by Crippen LogP contribution is 2.34. The molecule has 0 unspecified atom stereocenters. The van der Waals surface area contributed by atoms with Crippen molar-refractivity contribution >= 4 is 22.9 Å². The van der Waals surface area contributed by atoms with Gasteiger partial charge in [-0.25, -0.2) is 13.8 Å². The van der Waals surface area contributed by atoms with Crippen LogP contribution in [0.3, 0.4) is 0 Å². The highest BCUT2D eigenvalue weighted by atomic mass is 32.1. The van der Waals surface area contributed by atoms with E-state index in [-0.39, 0.29) is 12.3 Å². The Morgan fingerprint density at radius 1 is 1.17 bits per heavy atom. The first-order valence-corrected chi connectivity index (χ1v) is 9.83. The summed E-state index contributed by atoms with van der Waals surface area (Å²) in [4.78, 5) is 18.7. The van der Waals surface area contributed by atoms with Crippen molar-refractivity contribution < 1.29 is 23.0 Å². The first-order valence-electron chi connectivity index (χ1n) is 8.95. The summed E-state index contributed by atoms with van der Waals surface area (Å²) in [6.07, 6.45) is 0.433. The number of methoxy groups -OCH3 is 2. The van der Waals surface area contributed by atoms with Crippen LogP contribution in [-0.2, 0) is 17.6 Å². The minimum Gasteiger partial charge on any atom is -0.493 e. The number of anilines is 1. The molecule has 1 aliphatic rings. The Morgan fingerprint density at radius 2 is 1.97 bits per heavy atom. The normalized spacial score (nSPS) is 12.8. The van der Waals surface area contributed by atoms with Gasteiger partial charge in [-0.3, -0.25) is 4.79 Å². The molecular weight excluding hydrogens is 398 g/mol. The third-order valence-electron chi connectivity index (χ3n) is 4.83. The van der Waals surface area contributed by atoms with Crippen LogP contribution in [0.1, 0.15) is 11.3 Å². The number of aromatic nitrogens is 1.